The van der Waals surface area contributed by atoms with Crippen molar-refractivity contribution >= 4 is 39.3 Å². The predicted molar refractivity (Wildman–Crippen MR) is 77.6 cm³/mol. The molecule has 6 heteroatoms. The van der Waals surface area contributed by atoms with Crippen molar-refractivity contribution in [1.29, 1.82) is 0 Å². The SMILES string of the molecule is CC(Nc1nc(N)cc(Br)n1)c1ccccc1Cl. The van der Waals surface area contributed by atoms with Crippen molar-refractivity contribution in [3.05, 3.63) is 45.5 Å². The van der Waals surface area contributed by atoms with Crippen molar-refractivity contribution < 1.29 is 0 Å². The number of hydrogen-bond acceptors (Lipinski definition) is 4. The number of nitrogens with one attached hydrogen (secondary N) is 1. The molecule has 94 valence electrons. The first kappa shape index (κ1) is 13.1. The molecule has 0 aliphatic carbocycles. The van der Waals surface area contributed by atoms with Gasteiger partial charge < -0.3 is 11.1 Å². The Bertz CT molecular complexity index is 541. The largest absolute Gasteiger partial charge is 0.383 e. The minimum Gasteiger partial charge on any atom is -0.383 e. The van der Waals surface area contributed by atoms with Gasteiger partial charge in [-0.15, -0.1) is 0 Å². The highest BCUT2D eigenvalue weighted by molar-refractivity contribution is 9.10. The predicted octanol–water partition coefficient (Wildman–Crippen LogP) is 3.65. The highest BCUT2D eigenvalue weighted by Crippen LogP contribution is 2.25. The third-order valence-electron chi connectivity index (χ3n) is 2.43. The topological polar surface area (TPSA) is 63.8 Å². The van der Waals surface area contributed by atoms with Gasteiger partial charge in [-0.25, -0.2) is 4.98 Å². The summed E-state index contributed by atoms with van der Waals surface area (Å²) in [5, 5.41) is 3.87. The minimum atomic E-state index is -0.00704. The number of nitrogen functional groups attached to an aromatic ring is 1. The van der Waals surface area contributed by atoms with Crippen LogP contribution in [0.3, 0.4) is 0 Å². The number of benzene rings is 1. The van der Waals surface area contributed by atoms with Crippen LogP contribution < -0.4 is 11.1 Å². The Balaban J connectivity index is 2.21. The van der Waals surface area contributed by atoms with Gasteiger partial charge in [0.15, 0.2) is 0 Å². The van der Waals surface area contributed by atoms with E-state index in [0.29, 0.717) is 21.4 Å². The Morgan fingerprint density at radius 1 is 1.33 bits per heavy atom. The number of nitrogens with two attached hydrogens (primary N) is 1. The van der Waals surface area contributed by atoms with Gasteiger partial charge >= 0.3 is 0 Å². The van der Waals surface area contributed by atoms with Gasteiger partial charge in [-0.2, -0.15) is 4.98 Å². The molecule has 4 nitrogen and oxygen atoms in total. The summed E-state index contributed by atoms with van der Waals surface area (Å²) in [4.78, 5) is 8.31. The van der Waals surface area contributed by atoms with E-state index in [9.17, 15) is 0 Å². The Morgan fingerprint density at radius 3 is 2.72 bits per heavy atom. The molecule has 0 aliphatic heterocycles. The summed E-state index contributed by atoms with van der Waals surface area (Å²) < 4.78 is 0.642. The van der Waals surface area contributed by atoms with Crippen LogP contribution in [0.25, 0.3) is 0 Å². The van der Waals surface area contributed by atoms with E-state index in [-0.39, 0.29) is 6.04 Å². The van der Waals surface area contributed by atoms with E-state index < -0.39 is 0 Å². The van der Waals surface area contributed by atoms with Gasteiger partial charge in [0.2, 0.25) is 5.95 Å². The van der Waals surface area contributed by atoms with Gasteiger partial charge in [0.1, 0.15) is 10.4 Å². The summed E-state index contributed by atoms with van der Waals surface area (Å²) in [6.07, 6.45) is 0. The normalized spacial score (nSPS) is 12.2. The van der Waals surface area contributed by atoms with Gasteiger partial charge in [-0.1, -0.05) is 29.8 Å². The minimum absolute atomic E-state index is 0.00704. The lowest BCUT2D eigenvalue weighted by Gasteiger charge is -2.15. The summed E-state index contributed by atoms with van der Waals surface area (Å²) in [6.45, 7) is 1.99. The molecule has 0 radical (unpaired) electrons. The zero-order chi connectivity index (χ0) is 13.1. The van der Waals surface area contributed by atoms with Crippen LogP contribution in [0.5, 0.6) is 0 Å². The molecule has 1 aromatic carbocycles. The van der Waals surface area contributed by atoms with Crippen molar-refractivity contribution in [2.24, 2.45) is 0 Å². The second kappa shape index (κ2) is 5.54. The number of aromatic nitrogens is 2. The lowest BCUT2D eigenvalue weighted by Crippen LogP contribution is -2.10. The van der Waals surface area contributed by atoms with E-state index in [1.807, 2.05) is 31.2 Å². The van der Waals surface area contributed by atoms with Gasteiger partial charge in [0.05, 0.1) is 6.04 Å². The highest BCUT2D eigenvalue weighted by Gasteiger charge is 2.10. The smallest absolute Gasteiger partial charge is 0.226 e. The van der Waals surface area contributed by atoms with E-state index >= 15 is 0 Å². The van der Waals surface area contributed by atoms with E-state index in [4.69, 9.17) is 17.3 Å². The summed E-state index contributed by atoms with van der Waals surface area (Å²) in [5.41, 5.74) is 6.64. The van der Waals surface area contributed by atoms with Gasteiger partial charge in [-0.05, 0) is 34.5 Å². The maximum atomic E-state index is 6.13. The van der Waals surface area contributed by atoms with Gasteiger partial charge in [0.25, 0.3) is 0 Å². The van der Waals surface area contributed by atoms with Gasteiger partial charge in [0, 0.05) is 11.1 Å². The molecule has 0 aliphatic rings. The second-order valence-corrected chi connectivity index (χ2v) is 5.05. The maximum Gasteiger partial charge on any atom is 0.226 e. The van der Waals surface area contributed by atoms with Crippen LogP contribution in [0.2, 0.25) is 5.02 Å². The molecule has 1 unspecified atom stereocenters. The van der Waals surface area contributed by atoms with E-state index in [1.165, 1.54) is 0 Å². The van der Waals surface area contributed by atoms with Crippen LogP contribution in [0.4, 0.5) is 11.8 Å². The summed E-state index contributed by atoms with van der Waals surface area (Å²) in [7, 11) is 0. The zero-order valence-electron chi connectivity index (χ0n) is 9.69. The molecule has 2 aromatic rings. The fraction of sp³-hybridized carbons (Fsp3) is 0.167. The van der Waals surface area contributed by atoms with Crippen LogP contribution in [0.15, 0.2) is 34.9 Å². The van der Waals surface area contributed by atoms with Gasteiger partial charge in [-0.3, -0.25) is 0 Å². The first-order valence-corrected chi connectivity index (χ1v) is 6.54. The van der Waals surface area contributed by atoms with Crippen LogP contribution in [-0.2, 0) is 0 Å². The number of halogens is 2. The van der Waals surface area contributed by atoms with Crippen LogP contribution in [0, 0.1) is 0 Å². The number of hydrogen-bond donors (Lipinski definition) is 2. The number of anilines is 2. The van der Waals surface area contributed by atoms with Crippen molar-refractivity contribution in [3.8, 4) is 0 Å². The number of rotatable bonds is 3. The molecule has 0 amide bonds. The first-order valence-electron chi connectivity index (χ1n) is 5.37. The molecular formula is C12H12BrClN4. The molecular weight excluding hydrogens is 316 g/mol. The number of nitrogens with zero attached hydrogens (tertiary/aromatic N) is 2. The molecule has 1 heterocycles. The Morgan fingerprint density at radius 2 is 2.06 bits per heavy atom. The molecule has 1 aromatic heterocycles. The second-order valence-electron chi connectivity index (χ2n) is 3.83. The average Bonchev–Trinajstić information content (AvgIpc) is 2.27. The Labute approximate surface area is 119 Å². The fourth-order valence-corrected chi connectivity index (χ4v) is 2.30. The molecule has 1 atom stereocenters. The highest BCUT2D eigenvalue weighted by atomic mass is 79.9. The molecule has 0 spiro atoms. The fourth-order valence-electron chi connectivity index (χ4n) is 1.60. The van der Waals surface area contributed by atoms with E-state index in [2.05, 4.69) is 31.2 Å². The summed E-state index contributed by atoms with van der Waals surface area (Å²) in [6, 6.07) is 9.28. The van der Waals surface area contributed by atoms with E-state index in [0.717, 1.165) is 5.56 Å². The quantitative estimate of drug-likeness (QED) is 0.845. The molecule has 0 fully saturated rings. The third-order valence-corrected chi connectivity index (χ3v) is 3.18. The van der Waals surface area contributed by atoms with E-state index in [1.54, 1.807) is 6.07 Å². The standard InChI is InChI=1S/C12H12BrClN4/c1-7(8-4-2-3-5-9(8)14)16-12-17-10(13)6-11(15)18-12/h2-7H,1H3,(H3,15,16,17,18). The molecule has 18 heavy (non-hydrogen) atoms. The van der Waals surface area contributed by atoms with Crippen molar-refractivity contribution in [3.63, 3.8) is 0 Å². The maximum absolute atomic E-state index is 6.13. The summed E-state index contributed by atoms with van der Waals surface area (Å²) in [5.74, 6) is 0.875. The lowest BCUT2D eigenvalue weighted by atomic mass is 10.1. The lowest BCUT2D eigenvalue weighted by molar-refractivity contribution is 0.860. The molecule has 0 saturated heterocycles. The van der Waals surface area contributed by atoms with Crippen LogP contribution >= 0.6 is 27.5 Å². The van der Waals surface area contributed by atoms with Crippen LogP contribution in [-0.4, -0.2) is 9.97 Å². The van der Waals surface area contributed by atoms with Crippen LogP contribution in [0.1, 0.15) is 18.5 Å². The van der Waals surface area contributed by atoms with Crippen molar-refractivity contribution in [2.45, 2.75) is 13.0 Å². The average molecular weight is 328 g/mol. The first-order chi connectivity index (χ1) is 8.56. The summed E-state index contributed by atoms with van der Waals surface area (Å²) >= 11 is 9.41. The molecule has 3 N–H and O–H groups in total. The molecule has 2 rings (SSSR count). The van der Waals surface area contributed by atoms with Crippen molar-refractivity contribution in [1.82, 2.24) is 9.97 Å². The molecule has 0 saturated carbocycles. The zero-order valence-corrected chi connectivity index (χ0v) is 12.0. The third kappa shape index (κ3) is 3.11. The molecule has 0 bridgehead atoms. The monoisotopic (exact) mass is 326 g/mol. The Kier molecular flexibility index (Phi) is 4.04. The Hall–Kier alpha value is -1.33. The van der Waals surface area contributed by atoms with Crippen molar-refractivity contribution in [2.75, 3.05) is 11.1 Å².